The third-order valence-corrected chi connectivity index (χ3v) is 4.23. The van der Waals surface area contributed by atoms with Crippen molar-refractivity contribution in [3.63, 3.8) is 0 Å². The zero-order chi connectivity index (χ0) is 15.5. The number of hydrogen-bond acceptors (Lipinski definition) is 4. The summed E-state index contributed by atoms with van der Waals surface area (Å²) >= 11 is 0. The fraction of sp³-hybridized carbons (Fsp3) is 0.200. The molecule has 2 aromatic carbocycles. The van der Waals surface area contributed by atoms with E-state index < -0.39 is 10.0 Å². The van der Waals surface area contributed by atoms with Crippen molar-refractivity contribution in [2.24, 2.45) is 0 Å². The highest BCUT2D eigenvalue weighted by Crippen LogP contribution is 2.20. The summed E-state index contributed by atoms with van der Waals surface area (Å²) in [6.45, 7) is 2.22. The Bertz CT molecular complexity index is 722. The molecule has 0 saturated heterocycles. The topological polar surface area (TPSA) is 81.4 Å². The second kappa shape index (κ2) is 6.15. The van der Waals surface area contributed by atoms with Crippen molar-refractivity contribution < 1.29 is 13.2 Å². The fourth-order valence-electron chi connectivity index (χ4n) is 2.04. The number of rotatable bonds is 5. The largest absolute Gasteiger partial charge is 0.399 e. The Morgan fingerprint density at radius 1 is 1.19 bits per heavy atom. The molecule has 0 unspecified atom stereocenters. The van der Waals surface area contributed by atoms with Crippen molar-refractivity contribution in [1.82, 2.24) is 0 Å². The number of nitrogens with one attached hydrogen (secondary N) is 1. The molecule has 2 aromatic rings. The molecule has 5 nitrogen and oxygen atoms in total. The number of methoxy groups -OCH3 is 1. The van der Waals surface area contributed by atoms with Gasteiger partial charge >= 0.3 is 0 Å². The molecule has 0 aliphatic carbocycles. The van der Waals surface area contributed by atoms with Gasteiger partial charge in [0.15, 0.2) is 0 Å². The van der Waals surface area contributed by atoms with Crippen LogP contribution < -0.4 is 10.5 Å². The number of nitrogen functional groups attached to an aromatic ring is 1. The van der Waals surface area contributed by atoms with Crippen molar-refractivity contribution in [2.45, 2.75) is 18.4 Å². The molecule has 0 bridgehead atoms. The van der Waals surface area contributed by atoms with Gasteiger partial charge in [-0.1, -0.05) is 12.1 Å². The van der Waals surface area contributed by atoms with Gasteiger partial charge in [-0.15, -0.1) is 0 Å². The Labute approximate surface area is 124 Å². The van der Waals surface area contributed by atoms with Gasteiger partial charge in [-0.2, -0.15) is 0 Å². The maximum absolute atomic E-state index is 12.4. The lowest BCUT2D eigenvalue weighted by Crippen LogP contribution is -2.13. The number of hydrogen-bond donors (Lipinski definition) is 2. The standard InChI is InChI=1S/C15H18N2O3S/c1-11-6-13(16)9-15(7-11)21(18,19)17-14-5-3-4-12(8-14)10-20-2/h3-9,17H,10,16H2,1-2H3. The van der Waals surface area contributed by atoms with Crippen molar-refractivity contribution in [1.29, 1.82) is 0 Å². The van der Waals surface area contributed by atoms with E-state index >= 15 is 0 Å². The quantitative estimate of drug-likeness (QED) is 0.832. The van der Waals surface area contributed by atoms with E-state index in [1.165, 1.54) is 6.07 Å². The summed E-state index contributed by atoms with van der Waals surface area (Å²) < 4.78 is 32.3. The van der Waals surface area contributed by atoms with E-state index in [-0.39, 0.29) is 4.90 Å². The normalized spacial score (nSPS) is 11.3. The Morgan fingerprint density at radius 2 is 1.95 bits per heavy atom. The minimum atomic E-state index is -3.66. The molecular formula is C15H18N2O3S. The van der Waals surface area contributed by atoms with E-state index in [1.54, 1.807) is 44.4 Å². The predicted octanol–water partition coefficient (Wildman–Crippen LogP) is 2.52. The lowest BCUT2D eigenvalue weighted by Gasteiger charge is -2.10. The van der Waals surface area contributed by atoms with Gasteiger partial charge in [-0.25, -0.2) is 8.42 Å². The summed E-state index contributed by atoms with van der Waals surface area (Å²) in [4.78, 5) is 0.150. The number of nitrogens with two attached hydrogens (primary N) is 1. The van der Waals surface area contributed by atoms with Crippen molar-refractivity contribution in [3.05, 3.63) is 53.6 Å². The molecule has 0 aliphatic rings. The highest BCUT2D eigenvalue weighted by atomic mass is 32.2. The highest BCUT2D eigenvalue weighted by molar-refractivity contribution is 7.92. The smallest absolute Gasteiger partial charge is 0.261 e. The minimum absolute atomic E-state index is 0.150. The second-order valence-corrected chi connectivity index (χ2v) is 6.50. The van der Waals surface area contributed by atoms with E-state index in [0.29, 0.717) is 18.0 Å². The Morgan fingerprint density at radius 3 is 2.62 bits per heavy atom. The van der Waals surface area contributed by atoms with E-state index in [2.05, 4.69) is 4.72 Å². The van der Waals surface area contributed by atoms with Crippen LogP contribution in [0.2, 0.25) is 0 Å². The van der Waals surface area contributed by atoms with Gasteiger partial charge in [0, 0.05) is 18.5 Å². The zero-order valence-electron chi connectivity index (χ0n) is 12.0. The maximum Gasteiger partial charge on any atom is 0.261 e. The number of ether oxygens (including phenoxy) is 1. The molecule has 0 amide bonds. The molecule has 0 saturated carbocycles. The molecule has 0 heterocycles. The maximum atomic E-state index is 12.4. The summed E-state index contributed by atoms with van der Waals surface area (Å²) in [7, 11) is -2.07. The first kappa shape index (κ1) is 15.3. The number of anilines is 2. The van der Waals surface area contributed by atoms with Crippen LogP contribution in [-0.2, 0) is 21.4 Å². The van der Waals surface area contributed by atoms with Gasteiger partial charge in [0.2, 0.25) is 0 Å². The molecule has 3 N–H and O–H groups in total. The Kier molecular flexibility index (Phi) is 4.50. The van der Waals surface area contributed by atoms with Crippen LogP contribution in [0, 0.1) is 6.92 Å². The van der Waals surface area contributed by atoms with E-state index in [4.69, 9.17) is 10.5 Å². The summed E-state index contributed by atoms with van der Waals surface area (Å²) in [5, 5.41) is 0. The number of sulfonamides is 1. The molecular weight excluding hydrogens is 288 g/mol. The van der Waals surface area contributed by atoms with Gasteiger partial charge in [-0.05, 0) is 48.4 Å². The van der Waals surface area contributed by atoms with Crippen LogP contribution in [-0.4, -0.2) is 15.5 Å². The number of benzene rings is 2. The van der Waals surface area contributed by atoms with Crippen LogP contribution in [0.1, 0.15) is 11.1 Å². The second-order valence-electron chi connectivity index (χ2n) is 4.82. The molecule has 0 aromatic heterocycles. The summed E-state index contributed by atoms with van der Waals surface area (Å²) in [6, 6.07) is 11.8. The third kappa shape index (κ3) is 3.96. The van der Waals surface area contributed by atoms with Crippen LogP contribution >= 0.6 is 0 Å². The molecule has 0 spiro atoms. The first-order valence-electron chi connectivity index (χ1n) is 6.38. The zero-order valence-corrected chi connectivity index (χ0v) is 12.8. The van der Waals surface area contributed by atoms with E-state index in [1.807, 2.05) is 6.07 Å². The molecule has 112 valence electrons. The average Bonchev–Trinajstić information content (AvgIpc) is 2.38. The molecule has 0 radical (unpaired) electrons. The van der Waals surface area contributed by atoms with Gasteiger partial charge in [0.1, 0.15) is 0 Å². The van der Waals surface area contributed by atoms with E-state index in [0.717, 1.165) is 11.1 Å². The SMILES string of the molecule is COCc1cccc(NS(=O)(=O)c2cc(C)cc(N)c2)c1. The molecule has 2 rings (SSSR count). The van der Waals surface area contributed by atoms with Crippen LogP contribution in [0.4, 0.5) is 11.4 Å². The monoisotopic (exact) mass is 306 g/mol. The van der Waals surface area contributed by atoms with Gasteiger partial charge in [0.05, 0.1) is 11.5 Å². The van der Waals surface area contributed by atoms with Crippen molar-refractivity contribution in [2.75, 3.05) is 17.6 Å². The van der Waals surface area contributed by atoms with Crippen LogP contribution in [0.5, 0.6) is 0 Å². The molecule has 0 fully saturated rings. The lowest BCUT2D eigenvalue weighted by atomic mass is 10.2. The molecule has 0 aliphatic heterocycles. The summed E-state index contributed by atoms with van der Waals surface area (Å²) in [5.41, 5.74) is 8.30. The minimum Gasteiger partial charge on any atom is -0.399 e. The summed E-state index contributed by atoms with van der Waals surface area (Å²) in [6.07, 6.45) is 0. The molecule has 21 heavy (non-hydrogen) atoms. The van der Waals surface area contributed by atoms with E-state index in [9.17, 15) is 8.42 Å². The van der Waals surface area contributed by atoms with Gasteiger partial charge in [-0.3, -0.25) is 4.72 Å². The fourth-order valence-corrected chi connectivity index (χ4v) is 3.22. The first-order valence-corrected chi connectivity index (χ1v) is 7.87. The van der Waals surface area contributed by atoms with Crippen molar-refractivity contribution >= 4 is 21.4 Å². The summed E-state index contributed by atoms with van der Waals surface area (Å²) in [5.74, 6) is 0. The lowest BCUT2D eigenvalue weighted by molar-refractivity contribution is 0.185. The Balaban J connectivity index is 2.30. The Hall–Kier alpha value is -2.05. The molecule has 6 heteroatoms. The van der Waals surface area contributed by atoms with Crippen LogP contribution in [0.3, 0.4) is 0 Å². The predicted molar refractivity (Wildman–Crippen MR) is 83.6 cm³/mol. The third-order valence-electron chi connectivity index (χ3n) is 2.87. The van der Waals surface area contributed by atoms with Crippen LogP contribution in [0.15, 0.2) is 47.4 Å². The van der Waals surface area contributed by atoms with Gasteiger partial charge in [0.25, 0.3) is 10.0 Å². The van der Waals surface area contributed by atoms with Crippen molar-refractivity contribution in [3.8, 4) is 0 Å². The van der Waals surface area contributed by atoms with Crippen LogP contribution in [0.25, 0.3) is 0 Å². The first-order chi connectivity index (χ1) is 9.90. The number of aryl methyl sites for hydroxylation is 1. The average molecular weight is 306 g/mol. The highest BCUT2D eigenvalue weighted by Gasteiger charge is 2.15. The molecule has 0 atom stereocenters. The van der Waals surface area contributed by atoms with Gasteiger partial charge < -0.3 is 10.5 Å².